The molecule has 3 aromatic rings. The van der Waals surface area contributed by atoms with Crippen molar-refractivity contribution in [2.24, 2.45) is 0 Å². The maximum Gasteiger partial charge on any atom is 0.339 e. The average Bonchev–Trinajstić information content (AvgIpc) is 3.24. The van der Waals surface area contributed by atoms with Crippen molar-refractivity contribution in [2.75, 3.05) is 19.7 Å². The van der Waals surface area contributed by atoms with Crippen molar-refractivity contribution in [3.63, 3.8) is 0 Å². The lowest BCUT2D eigenvalue weighted by Gasteiger charge is -2.26. The summed E-state index contributed by atoms with van der Waals surface area (Å²) in [4.78, 5) is 32.5. The highest BCUT2D eigenvalue weighted by molar-refractivity contribution is 6.30. The largest absolute Gasteiger partial charge is 0.452 e. The smallest absolute Gasteiger partial charge is 0.339 e. The molecule has 33 heavy (non-hydrogen) atoms. The number of hydrogen-bond donors (Lipinski definition) is 0. The summed E-state index contributed by atoms with van der Waals surface area (Å²) in [7, 11) is 0. The summed E-state index contributed by atoms with van der Waals surface area (Å²) >= 11 is 6.02. The molecule has 0 N–H and O–H groups in total. The molecule has 0 unspecified atom stereocenters. The van der Waals surface area contributed by atoms with E-state index in [1.807, 2.05) is 48.5 Å². The lowest BCUT2D eigenvalue weighted by molar-refractivity contribution is -0.135. The van der Waals surface area contributed by atoms with Gasteiger partial charge in [0.2, 0.25) is 0 Å². The lowest BCUT2D eigenvalue weighted by Crippen LogP contribution is -2.38. The van der Waals surface area contributed by atoms with E-state index in [-0.39, 0.29) is 12.5 Å². The van der Waals surface area contributed by atoms with Crippen LogP contribution in [0.1, 0.15) is 52.9 Å². The van der Waals surface area contributed by atoms with Gasteiger partial charge in [-0.3, -0.25) is 4.79 Å². The highest BCUT2D eigenvalue weighted by Gasteiger charge is 2.28. The summed E-state index contributed by atoms with van der Waals surface area (Å²) in [6, 6.07) is 15.3. The quantitative estimate of drug-likeness (QED) is 0.479. The van der Waals surface area contributed by atoms with Gasteiger partial charge in [0.05, 0.1) is 16.8 Å². The molecule has 6 heteroatoms. The first-order chi connectivity index (χ1) is 16.1. The standard InChI is InChI=1S/C27H25ClN2O3/c28-20-11-8-18(9-12-20)16-19-10-13-22-25(21-6-2-3-7-23(21)29-26(19)22)27(32)33-17-24(31)30-14-4-1-5-15-30/h2-3,6-9,11-12,16H,1,4-5,10,13-15,17H2/b19-16+. The van der Waals surface area contributed by atoms with E-state index in [1.54, 1.807) is 4.90 Å². The van der Waals surface area contributed by atoms with Crippen LogP contribution in [0.5, 0.6) is 0 Å². The molecule has 0 saturated carbocycles. The van der Waals surface area contributed by atoms with E-state index in [4.69, 9.17) is 21.3 Å². The summed E-state index contributed by atoms with van der Waals surface area (Å²) in [6.07, 6.45) is 6.74. The Kier molecular flexibility index (Phi) is 6.14. The molecule has 1 amide bonds. The maximum absolute atomic E-state index is 13.3. The van der Waals surface area contributed by atoms with Crippen LogP contribution in [0.3, 0.4) is 0 Å². The van der Waals surface area contributed by atoms with Crippen LogP contribution in [0.4, 0.5) is 0 Å². The number of pyridine rings is 1. The molecule has 2 aliphatic rings. The highest BCUT2D eigenvalue weighted by atomic mass is 35.5. The van der Waals surface area contributed by atoms with Crippen molar-refractivity contribution >= 4 is 46.0 Å². The number of esters is 1. The van der Waals surface area contributed by atoms with Crippen molar-refractivity contribution in [2.45, 2.75) is 32.1 Å². The Morgan fingerprint density at radius 3 is 2.55 bits per heavy atom. The minimum Gasteiger partial charge on any atom is -0.452 e. The van der Waals surface area contributed by atoms with Gasteiger partial charge in [0.15, 0.2) is 6.61 Å². The van der Waals surface area contributed by atoms with Crippen LogP contribution >= 0.6 is 11.6 Å². The number of fused-ring (bicyclic) bond motifs is 2. The van der Waals surface area contributed by atoms with Crippen molar-refractivity contribution in [3.8, 4) is 0 Å². The van der Waals surface area contributed by atoms with Gasteiger partial charge in [-0.2, -0.15) is 0 Å². The molecule has 2 aromatic carbocycles. The summed E-state index contributed by atoms with van der Waals surface area (Å²) in [5.74, 6) is -0.579. The Hall–Kier alpha value is -3.18. The van der Waals surface area contributed by atoms with Crippen LogP contribution in [0.15, 0.2) is 48.5 Å². The van der Waals surface area contributed by atoms with Gasteiger partial charge in [-0.05, 0) is 73.1 Å². The number of piperidine rings is 1. The zero-order valence-electron chi connectivity index (χ0n) is 18.4. The fraction of sp³-hybridized carbons (Fsp3) is 0.296. The number of halogens is 1. The van der Waals surface area contributed by atoms with Crippen molar-refractivity contribution in [1.29, 1.82) is 0 Å². The minimum absolute atomic E-state index is 0.124. The zero-order chi connectivity index (χ0) is 22.8. The van der Waals surface area contributed by atoms with Gasteiger partial charge >= 0.3 is 5.97 Å². The number of nitrogens with zero attached hydrogens (tertiary/aromatic N) is 2. The molecule has 1 aliphatic heterocycles. The number of ether oxygens (including phenoxy) is 1. The third-order valence-corrected chi connectivity index (χ3v) is 6.64. The summed E-state index contributed by atoms with van der Waals surface area (Å²) in [6.45, 7) is 1.25. The number of amides is 1. The van der Waals surface area contributed by atoms with Crippen LogP contribution in [0.2, 0.25) is 5.02 Å². The van der Waals surface area contributed by atoms with Crippen LogP contribution in [0, 0.1) is 0 Å². The van der Waals surface area contributed by atoms with E-state index < -0.39 is 5.97 Å². The van der Waals surface area contributed by atoms with E-state index in [9.17, 15) is 9.59 Å². The zero-order valence-corrected chi connectivity index (χ0v) is 19.1. The number of aromatic nitrogens is 1. The van der Waals surface area contributed by atoms with Crippen molar-refractivity contribution in [1.82, 2.24) is 9.88 Å². The molecule has 1 aliphatic carbocycles. The summed E-state index contributed by atoms with van der Waals surface area (Å²) < 4.78 is 5.55. The molecular formula is C27H25ClN2O3. The second-order valence-corrected chi connectivity index (χ2v) is 9.01. The van der Waals surface area contributed by atoms with Gasteiger partial charge in [-0.15, -0.1) is 0 Å². The fourth-order valence-corrected chi connectivity index (χ4v) is 4.83. The van der Waals surface area contributed by atoms with Crippen LogP contribution in [0.25, 0.3) is 22.6 Å². The van der Waals surface area contributed by atoms with Gasteiger partial charge in [0.1, 0.15) is 0 Å². The number of carbonyl (C=O) groups is 2. The predicted octanol–water partition coefficient (Wildman–Crippen LogP) is 5.54. The normalized spacial score (nSPS) is 16.8. The van der Waals surface area contributed by atoms with Gasteiger partial charge in [0, 0.05) is 23.5 Å². The fourth-order valence-electron chi connectivity index (χ4n) is 4.71. The van der Waals surface area contributed by atoms with Crippen LogP contribution < -0.4 is 0 Å². The van der Waals surface area contributed by atoms with E-state index in [2.05, 4.69) is 6.08 Å². The highest BCUT2D eigenvalue weighted by Crippen LogP contribution is 2.37. The SMILES string of the molecule is O=C(OCC(=O)N1CCCCC1)c1c2c(nc3ccccc13)/C(=C/c1ccc(Cl)cc1)CC2. The molecule has 1 saturated heterocycles. The van der Waals surface area contributed by atoms with Gasteiger partial charge in [0.25, 0.3) is 5.91 Å². The summed E-state index contributed by atoms with van der Waals surface area (Å²) in [5, 5.41) is 1.46. The van der Waals surface area contributed by atoms with Gasteiger partial charge < -0.3 is 9.64 Å². The topological polar surface area (TPSA) is 59.5 Å². The Labute approximate surface area is 198 Å². The maximum atomic E-state index is 13.3. The number of hydrogen-bond acceptors (Lipinski definition) is 4. The molecule has 0 radical (unpaired) electrons. The monoisotopic (exact) mass is 460 g/mol. The summed E-state index contributed by atoms with van der Waals surface area (Å²) in [5.41, 5.74) is 5.11. The van der Waals surface area contributed by atoms with Crippen molar-refractivity contribution < 1.29 is 14.3 Å². The van der Waals surface area contributed by atoms with E-state index in [1.165, 1.54) is 0 Å². The van der Waals surface area contributed by atoms with E-state index in [0.29, 0.717) is 17.0 Å². The Morgan fingerprint density at radius 1 is 1.00 bits per heavy atom. The first-order valence-corrected chi connectivity index (χ1v) is 11.8. The average molecular weight is 461 g/mol. The molecule has 0 spiro atoms. The van der Waals surface area contributed by atoms with Gasteiger partial charge in [-0.1, -0.05) is 41.9 Å². The minimum atomic E-state index is -0.456. The Balaban J connectivity index is 1.46. The molecular weight excluding hydrogens is 436 g/mol. The molecule has 0 atom stereocenters. The first-order valence-electron chi connectivity index (χ1n) is 11.4. The third-order valence-electron chi connectivity index (χ3n) is 6.39. The van der Waals surface area contributed by atoms with E-state index in [0.717, 1.165) is 72.1 Å². The lowest BCUT2D eigenvalue weighted by atomic mass is 10.0. The number of benzene rings is 2. The molecule has 168 valence electrons. The second kappa shape index (κ2) is 9.36. The predicted molar refractivity (Wildman–Crippen MR) is 130 cm³/mol. The molecule has 1 aromatic heterocycles. The molecule has 5 nitrogen and oxygen atoms in total. The molecule has 0 bridgehead atoms. The Morgan fingerprint density at radius 2 is 1.76 bits per heavy atom. The molecule has 1 fully saturated rings. The number of carbonyl (C=O) groups excluding carboxylic acids is 2. The van der Waals surface area contributed by atoms with Crippen LogP contribution in [-0.4, -0.2) is 41.5 Å². The number of rotatable bonds is 4. The molecule has 2 heterocycles. The number of likely N-dealkylation sites (tertiary alicyclic amines) is 1. The third kappa shape index (κ3) is 4.51. The second-order valence-electron chi connectivity index (χ2n) is 8.57. The van der Waals surface area contributed by atoms with Crippen LogP contribution in [-0.2, 0) is 16.0 Å². The number of allylic oxidation sites excluding steroid dienone is 1. The van der Waals surface area contributed by atoms with Gasteiger partial charge in [-0.25, -0.2) is 9.78 Å². The van der Waals surface area contributed by atoms with Crippen molar-refractivity contribution in [3.05, 3.63) is 75.9 Å². The first kappa shape index (κ1) is 21.7. The number of para-hydroxylation sites is 1. The molecule has 5 rings (SSSR count). The Bertz CT molecular complexity index is 1240. The van der Waals surface area contributed by atoms with E-state index >= 15 is 0 Å².